The standard InChI is InChI=1S/C9H13F2N3O/c1-7-12-3-2-9(13-7)14(4-5-15)6-8(10)11/h2-3,8,15H,4-6H2,1H3. The lowest BCUT2D eigenvalue weighted by Crippen LogP contribution is -2.32. The van der Waals surface area contributed by atoms with Crippen LogP contribution in [0.3, 0.4) is 0 Å². The lowest BCUT2D eigenvalue weighted by Gasteiger charge is -2.22. The van der Waals surface area contributed by atoms with Crippen molar-refractivity contribution < 1.29 is 13.9 Å². The summed E-state index contributed by atoms with van der Waals surface area (Å²) < 4.78 is 24.5. The van der Waals surface area contributed by atoms with E-state index in [0.29, 0.717) is 11.6 Å². The van der Waals surface area contributed by atoms with Crippen molar-refractivity contribution in [3.63, 3.8) is 0 Å². The van der Waals surface area contributed by atoms with E-state index < -0.39 is 13.0 Å². The number of anilines is 1. The van der Waals surface area contributed by atoms with Crippen LogP contribution in [0, 0.1) is 6.92 Å². The van der Waals surface area contributed by atoms with Gasteiger partial charge in [-0.3, -0.25) is 0 Å². The molecule has 0 amide bonds. The van der Waals surface area contributed by atoms with Gasteiger partial charge in [-0.25, -0.2) is 18.7 Å². The number of hydrogen-bond donors (Lipinski definition) is 1. The first kappa shape index (κ1) is 11.8. The van der Waals surface area contributed by atoms with E-state index in [9.17, 15) is 8.78 Å². The molecule has 1 rings (SSSR count). The molecule has 0 aromatic carbocycles. The summed E-state index contributed by atoms with van der Waals surface area (Å²) in [5, 5.41) is 8.75. The van der Waals surface area contributed by atoms with Crippen molar-refractivity contribution >= 4 is 5.82 Å². The average molecular weight is 217 g/mol. The maximum absolute atomic E-state index is 12.2. The molecule has 0 saturated heterocycles. The molecular weight excluding hydrogens is 204 g/mol. The summed E-state index contributed by atoms with van der Waals surface area (Å²) in [7, 11) is 0. The normalized spacial score (nSPS) is 10.7. The zero-order valence-electron chi connectivity index (χ0n) is 8.40. The van der Waals surface area contributed by atoms with E-state index in [4.69, 9.17) is 5.11 Å². The third kappa shape index (κ3) is 3.75. The Morgan fingerprint density at radius 3 is 2.80 bits per heavy atom. The minimum atomic E-state index is -2.45. The van der Waals surface area contributed by atoms with Gasteiger partial charge in [0.2, 0.25) is 0 Å². The second-order valence-electron chi connectivity index (χ2n) is 3.02. The van der Waals surface area contributed by atoms with Gasteiger partial charge < -0.3 is 10.0 Å². The average Bonchev–Trinajstić information content (AvgIpc) is 2.16. The van der Waals surface area contributed by atoms with Gasteiger partial charge in [-0.05, 0) is 13.0 Å². The van der Waals surface area contributed by atoms with E-state index in [0.717, 1.165) is 0 Å². The number of aliphatic hydroxyl groups is 1. The Labute approximate surface area is 86.6 Å². The molecule has 0 aliphatic rings. The molecular formula is C9H13F2N3O. The van der Waals surface area contributed by atoms with Crippen molar-refractivity contribution in [2.45, 2.75) is 13.3 Å². The maximum Gasteiger partial charge on any atom is 0.255 e. The van der Waals surface area contributed by atoms with Gasteiger partial charge in [-0.15, -0.1) is 0 Å². The van der Waals surface area contributed by atoms with Crippen molar-refractivity contribution in [3.05, 3.63) is 18.1 Å². The predicted molar refractivity (Wildman–Crippen MR) is 52.1 cm³/mol. The Hall–Kier alpha value is -1.30. The summed E-state index contributed by atoms with van der Waals surface area (Å²) in [6, 6.07) is 1.55. The molecule has 0 atom stereocenters. The van der Waals surface area contributed by atoms with Gasteiger partial charge in [-0.1, -0.05) is 0 Å². The monoisotopic (exact) mass is 217 g/mol. The van der Waals surface area contributed by atoms with E-state index in [1.165, 1.54) is 11.1 Å². The van der Waals surface area contributed by atoms with Crippen LogP contribution in [0.2, 0.25) is 0 Å². The van der Waals surface area contributed by atoms with E-state index >= 15 is 0 Å². The van der Waals surface area contributed by atoms with Gasteiger partial charge in [0.05, 0.1) is 13.2 Å². The zero-order chi connectivity index (χ0) is 11.3. The quantitative estimate of drug-likeness (QED) is 0.794. The lowest BCUT2D eigenvalue weighted by molar-refractivity contribution is 0.152. The molecule has 0 aliphatic heterocycles. The molecule has 0 fully saturated rings. The van der Waals surface area contributed by atoms with Crippen LogP contribution in [0.25, 0.3) is 0 Å². The summed E-state index contributed by atoms with van der Waals surface area (Å²) in [4.78, 5) is 9.22. The van der Waals surface area contributed by atoms with Gasteiger partial charge in [0.25, 0.3) is 6.43 Å². The molecule has 15 heavy (non-hydrogen) atoms. The molecule has 6 heteroatoms. The Balaban J connectivity index is 2.78. The molecule has 0 saturated carbocycles. The fourth-order valence-corrected chi connectivity index (χ4v) is 1.21. The molecule has 0 spiro atoms. The smallest absolute Gasteiger partial charge is 0.255 e. The second-order valence-corrected chi connectivity index (χ2v) is 3.02. The summed E-state index contributed by atoms with van der Waals surface area (Å²) >= 11 is 0. The van der Waals surface area contributed by atoms with Gasteiger partial charge in [0.1, 0.15) is 11.6 Å². The number of alkyl halides is 2. The van der Waals surface area contributed by atoms with Crippen molar-refractivity contribution in [2.75, 3.05) is 24.6 Å². The Bertz CT molecular complexity index is 309. The number of hydrogen-bond acceptors (Lipinski definition) is 4. The number of halogens is 2. The molecule has 84 valence electrons. The fourth-order valence-electron chi connectivity index (χ4n) is 1.21. The van der Waals surface area contributed by atoms with Gasteiger partial charge in [0.15, 0.2) is 0 Å². The summed E-state index contributed by atoms with van der Waals surface area (Å²) in [5.74, 6) is 0.932. The zero-order valence-corrected chi connectivity index (χ0v) is 8.40. The highest BCUT2D eigenvalue weighted by Gasteiger charge is 2.13. The largest absolute Gasteiger partial charge is 0.395 e. The van der Waals surface area contributed by atoms with E-state index in [1.807, 2.05) is 0 Å². The lowest BCUT2D eigenvalue weighted by atomic mass is 10.4. The molecule has 0 aliphatic carbocycles. The molecule has 1 N–H and O–H groups in total. The number of nitrogens with zero attached hydrogens (tertiary/aromatic N) is 3. The molecule has 1 aromatic rings. The molecule has 1 aromatic heterocycles. The molecule has 4 nitrogen and oxygen atoms in total. The second kappa shape index (κ2) is 5.55. The van der Waals surface area contributed by atoms with Crippen LogP contribution < -0.4 is 4.90 Å². The highest BCUT2D eigenvalue weighted by Crippen LogP contribution is 2.11. The molecule has 0 bridgehead atoms. The minimum absolute atomic E-state index is 0.140. The molecule has 1 heterocycles. The number of aliphatic hydroxyl groups excluding tert-OH is 1. The fraction of sp³-hybridized carbons (Fsp3) is 0.556. The first-order valence-electron chi connectivity index (χ1n) is 4.57. The first-order chi connectivity index (χ1) is 7.13. The highest BCUT2D eigenvalue weighted by molar-refractivity contribution is 5.37. The van der Waals surface area contributed by atoms with Gasteiger partial charge >= 0.3 is 0 Å². The Morgan fingerprint density at radius 1 is 1.53 bits per heavy atom. The van der Waals surface area contributed by atoms with Crippen molar-refractivity contribution in [2.24, 2.45) is 0 Å². The minimum Gasteiger partial charge on any atom is -0.395 e. The summed E-state index contributed by atoms with van der Waals surface area (Å²) in [5.41, 5.74) is 0. The van der Waals surface area contributed by atoms with Crippen LogP contribution in [-0.4, -0.2) is 41.2 Å². The number of rotatable bonds is 5. The van der Waals surface area contributed by atoms with Crippen LogP contribution in [0.1, 0.15) is 5.82 Å². The third-order valence-corrected chi connectivity index (χ3v) is 1.81. The first-order valence-corrected chi connectivity index (χ1v) is 4.57. The molecule has 0 unspecified atom stereocenters. The van der Waals surface area contributed by atoms with Gasteiger partial charge in [0, 0.05) is 12.7 Å². The van der Waals surface area contributed by atoms with Crippen LogP contribution in [0.4, 0.5) is 14.6 Å². The third-order valence-electron chi connectivity index (χ3n) is 1.81. The molecule has 0 radical (unpaired) electrons. The van der Waals surface area contributed by atoms with Crippen molar-refractivity contribution in [3.8, 4) is 0 Å². The predicted octanol–water partition coefficient (Wildman–Crippen LogP) is 0.849. The van der Waals surface area contributed by atoms with Crippen LogP contribution >= 0.6 is 0 Å². The van der Waals surface area contributed by atoms with Crippen LogP contribution in [0.15, 0.2) is 12.3 Å². The Kier molecular flexibility index (Phi) is 4.36. The Morgan fingerprint density at radius 2 is 2.27 bits per heavy atom. The summed E-state index contributed by atoms with van der Waals surface area (Å²) in [6.07, 6.45) is -0.945. The summed E-state index contributed by atoms with van der Waals surface area (Å²) in [6.45, 7) is 1.20. The van der Waals surface area contributed by atoms with Crippen molar-refractivity contribution in [1.82, 2.24) is 9.97 Å². The van der Waals surface area contributed by atoms with Crippen LogP contribution in [0.5, 0.6) is 0 Å². The maximum atomic E-state index is 12.2. The number of aromatic nitrogens is 2. The van der Waals surface area contributed by atoms with Crippen molar-refractivity contribution in [1.29, 1.82) is 0 Å². The van der Waals surface area contributed by atoms with Gasteiger partial charge in [-0.2, -0.15) is 0 Å². The number of aryl methyl sites for hydroxylation is 1. The van der Waals surface area contributed by atoms with E-state index in [1.54, 1.807) is 13.0 Å². The topological polar surface area (TPSA) is 49.2 Å². The highest BCUT2D eigenvalue weighted by atomic mass is 19.3. The SMILES string of the molecule is Cc1nccc(N(CCO)CC(F)F)n1. The van der Waals surface area contributed by atoms with E-state index in [2.05, 4.69) is 9.97 Å². The van der Waals surface area contributed by atoms with E-state index in [-0.39, 0.29) is 13.2 Å². The van der Waals surface area contributed by atoms with Crippen LogP contribution in [-0.2, 0) is 0 Å².